The molecule has 0 spiro atoms. The van der Waals surface area contributed by atoms with E-state index in [4.69, 9.17) is 10.5 Å². The van der Waals surface area contributed by atoms with Crippen molar-refractivity contribution in [2.24, 2.45) is 11.7 Å². The number of hydrogen-bond donors (Lipinski definition) is 1. The SMILES string of the molecule is NCCC(=O)N1CCOCC2CCCC21. The lowest BCUT2D eigenvalue weighted by atomic mass is 10.0. The Bertz CT molecular complexity index is 233. The van der Waals surface area contributed by atoms with Crippen molar-refractivity contribution in [2.75, 3.05) is 26.3 Å². The molecule has 1 amide bonds. The van der Waals surface area contributed by atoms with Gasteiger partial charge in [0.25, 0.3) is 0 Å². The van der Waals surface area contributed by atoms with E-state index in [1.807, 2.05) is 4.90 Å². The quantitative estimate of drug-likeness (QED) is 0.719. The van der Waals surface area contributed by atoms with E-state index in [9.17, 15) is 4.79 Å². The van der Waals surface area contributed by atoms with Gasteiger partial charge < -0.3 is 15.4 Å². The molecular formula is C11H20N2O2. The molecule has 1 saturated heterocycles. The molecule has 2 fully saturated rings. The van der Waals surface area contributed by atoms with Crippen LogP contribution >= 0.6 is 0 Å². The molecule has 1 saturated carbocycles. The maximum absolute atomic E-state index is 11.9. The van der Waals surface area contributed by atoms with Crippen molar-refractivity contribution in [2.45, 2.75) is 31.7 Å². The molecule has 86 valence electrons. The summed E-state index contributed by atoms with van der Waals surface area (Å²) in [6, 6.07) is 0.423. The predicted octanol–water partition coefficient (Wildman–Crippen LogP) is 0.363. The van der Waals surface area contributed by atoms with Gasteiger partial charge in [-0.1, -0.05) is 6.42 Å². The average molecular weight is 212 g/mol. The summed E-state index contributed by atoms with van der Waals surface area (Å²) in [7, 11) is 0. The molecule has 0 bridgehead atoms. The van der Waals surface area contributed by atoms with Crippen molar-refractivity contribution in [1.29, 1.82) is 0 Å². The van der Waals surface area contributed by atoms with Crippen molar-refractivity contribution >= 4 is 5.91 Å². The Labute approximate surface area is 90.8 Å². The summed E-state index contributed by atoms with van der Waals surface area (Å²) in [6.45, 7) is 2.72. The highest BCUT2D eigenvalue weighted by molar-refractivity contribution is 5.76. The van der Waals surface area contributed by atoms with Gasteiger partial charge in [-0.25, -0.2) is 0 Å². The van der Waals surface area contributed by atoms with E-state index in [1.54, 1.807) is 0 Å². The lowest BCUT2D eigenvalue weighted by molar-refractivity contribution is -0.133. The molecule has 2 atom stereocenters. The predicted molar refractivity (Wildman–Crippen MR) is 57.3 cm³/mol. The fraction of sp³-hybridized carbons (Fsp3) is 0.909. The van der Waals surface area contributed by atoms with Gasteiger partial charge in [-0.3, -0.25) is 4.79 Å². The normalized spacial score (nSPS) is 31.1. The third kappa shape index (κ3) is 2.32. The fourth-order valence-electron chi connectivity index (χ4n) is 2.76. The molecule has 2 N–H and O–H groups in total. The molecule has 4 nitrogen and oxygen atoms in total. The molecule has 1 heterocycles. The number of hydrogen-bond acceptors (Lipinski definition) is 3. The molecule has 15 heavy (non-hydrogen) atoms. The number of ether oxygens (including phenoxy) is 1. The number of fused-ring (bicyclic) bond motifs is 1. The first kappa shape index (κ1) is 10.9. The van der Waals surface area contributed by atoms with Crippen molar-refractivity contribution in [3.63, 3.8) is 0 Å². The number of amides is 1. The highest BCUT2D eigenvalue weighted by Crippen LogP contribution is 2.31. The monoisotopic (exact) mass is 212 g/mol. The molecule has 0 aromatic heterocycles. The molecule has 0 radical (unpaired) electrons. The molecule has 2 unspecified atom stereocenters. The van der Waals surface area contributed by atoms with Gasteiger partial charge in [0.1, 0.15) is 0 Å². The van der Waals surface area contributed by atoms with E-state index in [0.717, 1.165) is 19.6 Å². The summed E-state index contributed by atoms with van der Waals surface area (Å²) in [5.74, 6) is 0.772. The van der Waals surface area contributed by atoms with Crippen LogP contribution in [0.1, 0.15) is 25.7 Å². The van der Waals surface area contributed by atoms with Crippen LogP contribution in [0.15, 0.2) is 0 Å². The minimum atomic E-state index is 0.208. The van der Waals surface area contributed by atoms with Crippen LogP contribution in [0.4, 0.5) is 0 Å². The van der Waals surface area contributed by atoms with Crippen molar-refractivity contribution in [1.82, 2.24) is 4.90 Å². The third-order valence-electron chi connectivity index (χ3n) is 3.51. The molecule has 2 aliphatic rings. The van der Waals surface area contributed by atoms with Crippen LogP contribution in [0.2, 0.25) is 0 Å². The Hall–Kier alpha value is -0.610. The first-order chi connectivity index (χ1) is 7.33. The lowest BCUT2D eigenvalue weighted by Crippen LogP contribution is -2.43. The van der Waals surface area contributed by atoms with Crippen LogP contribution in [-0.2, 0) is 9.53 Å². The minimum absolute atomic E-state index is 0.208. The topological polar surface area (TPSA) is 55.6 Å². The maximum Gasteiger partial charge on any atom is 0.224 e. The van der Waals surface area contributed by atoms with Crippen molar-refractivity contribution in [3.8, 4) is 0 Å². The first-order valence-electron chi connectivity index (χ1n) is 5.90. The summed E-state index contributed by atoms with van der Waals surface area (Å²) in [4.78, 5) is 13.9. The third-order valence-corrected chi connectivity index (χ3v) is 3.51. The Morgan fingerprint density at radius 1 is 1.47 bits per heavy atom. The fourth-order valence-corrected chi connectivity index (χ4v) is 2.76. The highest BCUT2D eigenvalue weighted by Gasteiger charge is 2.35. The van der Waals surface area contributed by atoms with Crippen LogP contribution in [-0.4, -0.2) is 43.2 Å². The van der Waals surface area contributed by atoms with Gasteiger partial charge in [-0.15, -0.1) is 0 Å². The van der Waals surface area contributed by atoms with Crippen LogP contribution < -0.4 is 5.73 Å². The summed E-state index contributed by atoms with van der Waals surface area (Å²) in [5.41, 5.74) is 5.43. The maximum atomic E-state index is 11.9. The van der Waals surface area contributed by atoms with Gasteiger partial charge in [-0.05, 0) is 12.8 Å². The van der Waals surface area contributed by atoms with Gasteiger partial charge in [0.05, 0.1) is 13.2 Å². The first-order valence-corrected chi connectivity index (χ1v) is 5.90. The zero-order valence-corrected chi connectivity index (χ0v) is 9.15. The number of nitrogens with zero attached hydrogens (tertiary/aromatic N) is 1. The van der Waals surface area contributed by atoms with Gasteiger partial charge in [-0.2, -0.15) is 0 Å². The highest BCUT2D eigenvalue weighted by atomic mass is 16.5. The molecule has 1 aliphatic carbocycles. The second-order valence-corrected chi connectivity index (χ2v) is 4.46. The van der Waals surface area contributed by atoms with E-state index in [0.29, 0.717) is 31.5 Å². The Kier molecular flexibility index (Phi) is 3.59. The second-order valence-electron chi connectivity index (χ2n) is 4.46. The van der Waals surface area contributed by atoms with Crippen LogP contribution in [0.3, 0.4) is 0 Å². The van der Waals surface area contributed by atoms with Crippen molar-refractivity contribution < 1.29 is 9.53 Å². The Morgan fingerprint density at radius 3 is 3.13 bits per heavy atom. The smallest absolute Gasteiger partial charge is 0.224 e. The second kappa shape index (κ2) is 4.94. The molecular weight excluding hydrogens is 192 g/mol. The molecule has 2 rings (SSSR count). The van der Waals surface area contributed by atoms with E-state index < -0.39 is 0 Å². The van der Waals surface area contributed by atoms with Gasteiger partial charge >= 0.3 is 0 Å². The number of carbonyl (C=O) groups excluding carboxylic acids is 1. The minimum Gasteiger partial charge on any atom is -0.379 e. The van der Waals surface area contributed by atoms with Gasteiger partial charge in [0.2, 0.25) is 5.91 Å². The van der Waals surface area contributed by atoms with E-state index in [1.165, 1.54) is 12.8 Å². The van der Waals surface area contributed by atoms with Crippen LogP contribution in [0.5, 0.6) is 0 Å². The van der Waals surface area contributed by atoms with E-state index in [2.05, 4.69) is 0 Å². The van der Waals surface area contributed by atoms with Crippen LogP contribution in [0.25, 0.3) is 0 Å². The Balaban J connectivity index is 2.03. The number of rotatable bonds is 2. The largest absolute Gasteiger partial charge is 0.379 e. The van der Waals surface area contributed by atoms with E-state index >= 15 is 0 Å². The number of carbonyl (C=O) groups is 1. The summed E-state index contributed by atoms with van der Waals surface area (Å²) in [5, 5.41) is 0. The molecule has 1 aliphatic heterocycles. The van der Waals surface area contributed by atoms with Gasteiger partial charge in [0.15, 0.2) is 0 Å². The molecule has 4 heteroatoms. The summed E-state index contributed by atoms with van der Waals surface area (Å²) < 4.78 is 5.54. The molecule has 0 aromatic rings. The zero-order valence-electron chi connectivity index (χ0n) is 9.15. The van der Waals surface area contributed by atoms with Crippen molar-refractivity contribution in [3.05, 3.63) is 0 Å². The van der Waals surface area contributed by atoms with E-state index in [-0.39, 0.29) is 5.91 Å². The summed E-state index contributed by atoms with van der Waals surface area (Å²) in [6.07, 6.45) is 4.05. The Morgan fingerprint density at radius 2 is 2.33 bits per heavy atom. The van der Waals surface area contributed by atoms with Crippen LogP contribution in [0, 0.1) is 5.92 Å². The zero-order chi connectivity index (χ0) is 10.7. The van der Waals surface area contributed by atoms with Gasteiger partial charge in [0, 0.05) is 31.5 Å². The lowest BCUT2D eigenvalue weighted by Gasteiger charge is -2.29. The summed E-state index contributed by atoms with van der Waals surface area (Å²) >= 11 is 0. The number of nitrogens with two attached hydrogens (primary N) is 1. The molecule has 0 aromatic carbocycles. The standard InChI is InChI=1S/C11H20N2O2/c12-5-4-11(14)13-6-7-15-8-9-2-1-3-10(9)13/h9-10H,1-8,12H2. The average Bonchev–Trinajstić information content (AvgIpc) is 2.58.